The zero-order valence-electron chi connectivity index (χ0n) is 19.0. The van der Waals surface area contributed by atoms with Crippen LogP contribution in [0.1, 0.15) is 49.3 Å². The van der Waals surface area contributed by atoms with Crippen molar-refractivity contribution in [1.82, 2.24) is 9.80 Å². The van der Waals surface area contributed by atoms with Gasteiger partial charge in [0.1, 0.15) is 0 Å². The van der Waals surface area contributed by atoms with Crippen LogP contribution in [-0.2, 0) is 12.0 Å². The third-order valence-corrected chi connectivity index (χ3v) is 8.60. The molecule has 1 aliphatic rings. The molecule has 0 radical (unpaired) electrons. The minimum Gasteiger partial charge on any atom is -0.302 e. The molecule has 0 amide bonds. The van der Waals surface area contributed by atoms with Gasteiger partial charge in [-0.15, -0.1) is 11.3 Å². The van der Waals surface area contributed by atoms with E-state index >= 15 is 0 Å². The van der Waals surface area contributed by atoms with E-state index in [1.807, 2.05) is 12.1 Å². The first kappa shape index (κ1) is 24.4. The summed E-state index contributed by atoms with van der Waals surface area (Å²) in [5.41, 5.74) is -0.523. The predicted octanol–water partition coefficient (Wildman–Crippen LogP) is 6.05. The molecule has 1 unspecified atom stereocenters. The van der Waals surface area contributed by atoms with E-state index in [1.54, 1.807) is 11.3 Å². The molecule has 168 valence electrons. The van der Waals surface area contributed by atoms with E-state index in [0.29, 0.717) is 17.5 Å². The summed E-state index contributed by atoms with van der Waals surface area (Å²) >= 11 is 3.25. The molecule has 0 spiro atoms. The summed E-state index contributed by atoms with van der Waals surface area (Å²) in [6.45, 7) is 16.3. The number of hydrogen-bond donors (Lipinski definition) is 0. The third kappa shape index (κ3) is 5.77. The van der Waals surface area contributed by atoms with Crippen molar-refractivity contribution >= 4 is 27.7 Å². The maximum absolute atomic E-state index is 10.1. The van der Waals surface area contributed by atoms with Crippen LogP contribution < -0.4 is 0 Å². The van der Waals surface area contributed by atoms with Gasteiger partial charge < -0.3 is 4.90 Å². The van der Waals surface area contributed by atoms with E-state index in [0.717, 1.165) is 56.9 Å². The number of nitrogens with zero attached hydrogens (tertiary/aromatic N) is 5. The van der Waals surface area contributed by atoms with Gasteiger partial charge in [0.15, 0.2) is 0 Å². The SMILES string of the molecule is [C-]#[N+]c1ccc(C(C#N)(CCCN2CC[C@@H](N(CCC#N)Cc3cccs3)C2)C(C)C)s1. The van der Waals surface area contributed by atoms with Crippen molar-refractivity contribution in [2.75, 3.05) is 26.2 Å². The van der Waals surface area contributed by atoms with Crippen LogP contribution in [0.4, 0.5) is 5.00 Å². The average Bonchev–Trinajstić information content (AvgIpc) is 3.56. The Balaban J connectivity index is 1.58. The lowest BCUT2D eigenvalue weighted by atomic mass is 9.73. The van der Waals surface area contributed by atoms with Crippen LogP contribution in [-0.4, -0.2) is 42.0 Å². The largest absolute Gasteiger partial charge is 0.302 e. The highest BCUT2D eigenvalue weighted by Gasteiger charge is 2.37. The van der Waals surface area contributed by atoms with Crippen molar-refractivity contribution in [3.63, 3.8) is 0 Å². The molecule has 0 N–H and O–H groups in total. The first-order chi connectivity index (χ1) is 15.5. The maximum atomic E-state index is 10.1. The minimum absolute atomic E-state index is 0.198. The number of thiophene rings is 2. The molecule has 32 heavy (non-hydrogen) atoms. The zero-order chi connectivity index (χ0) is 23.0. The van der Waals surface area contributed by atoms with E-state index in [-0.39, 0.29) is 5.92 Å². The Bertz CT molecular complexity index is 975. The summed E-state index contributed by atoms with van der Waals surface area (Å²) in [6.07, 6.45) is 3.47. The summed E-state index contributed by atoms with van der Waals surface area (Å²) in [5.74, 6) is 0.198. The highest BCUT2D eigenvalue weighted by Crippen LogP contribution is 2.42. The van der Waals surface area contributed by atoms with Crippen LogP contribution in [0.25, 0.3) is 4.85 Å². The van der Waals surface area contributed by atoms with Crippen LogP contribution in [0.15, 0.2) is 29.6 Å². The van der Waals surface area contributed by atoms with Gasteiger partial charge >= 0.3 is 0 Å². The Kier molecular flexibility index (Phi) is 8.85. The van der Waals surface area contributed by atoms with Gasteiger partial charge in [-0.05, 0) is 55.8 Å². The number of nitriles is 2. The van der Waals surface area contributed by atoms with Crippen molar-refractivity contribution in [3.8, 4) is 12.1 Å². The van der Waals surface area contributed by atoms with Crippen LogP contribution in [0, 0.1) is 35.2 Å². The Hall–Kier alpha value is -2.21. The highest BCUT2D eigenvalue weighted by atomic mass is 32.1. The Morgan fingerprint density at radius 3 is 2.81 bits per heavy atom. The number of rotatable bonds is 11. The molecule has 2 aromatic heterocycles. The summed E-state index contributed by atoms with van der Waals surface area (Å²) < 4.78 is 0. The van der Waals surface area contributed by atoms with Gasteiger partial charge in [0.25, 0.3) is 0 Å². The summed E-state index contributed by atoms with van der Waals surface area (Å²) in [6, 6.07) is 13.5. The molecule has 0 saturated carbocycles. The fourth-order valence-corrected chi connectivity index (χ4v) is 6.48. The molecule has 7 heteroatoms. The molecule has 1 saturated heterocycles. The lowest BCUT2D eigenvalue weighted by Crippen LogP contribution is -2.38. The van der Waals surface area contributed by atoms with Gasteiger partial charge in [0, 0.05) is 41.9 Å². The van der Waals surface area contributed by atoms with Gasteiger partial charge in [-0.1, -0.05) is 26.0 Å². The van der Waals surface area contributed by atoms with Crippen molar-refractivity contribution in [2.45, 2.75) is 57.5 Å². The van der Waals surface area contributed by atoms with Gasteiger partial charge in [-0.3, -0.25) is 4.90 Å². The quantitative estimate of drug-likeness (QED) is 0.379. The fraction of sp³-hybridized carbons (Fsp3) is 0.560. The molecule has 0 aromatic carbocycles. The Labute approximate surface area is 200 Å². The Morgan fingerprint density at radius 1 is 1.34 bits per heavy atom. The topological polar surface area (TPSA) is 58.4 Å². The Morgan fingerprint density at radius 2 is 2.19 bits per heavy atom. The average molecular weight is 466 g/mol. The first-order valence-electron chi connectivity index (χ1n) is 11.3. The number of hydrogen-bond acceptors (Lipinski definition) is 6. The summed E-state index contributed by atoms with van der Waals surface area (Å²) in [7, 11) is 0. The van der Waals surface area contributed by atoms with Gasteiger partial charge in [0.2, 0.25) is 5.00 Å². The van der Waals surface area contributed by atoms with Crippen molar-refractivity contribution in [3.05, 3.63) is 50.8 Å². The number of likely N-dealkylation sites (tertiary alicyclic amines) is 1. The van der Waals surface area contributed by atoms with Gasteiger partial charge in [-0.25, -0.2) is 4.85 Å². The second kappa shape index (κ2) is 11.6. The minimum atomic E-state index is -0.523. The second-order valence-corrected chi connectivity index (χ2v) is 10.9. The smallest absolute Gasteiger partial charge is 0.241 e. The monoisotopic (exact) mass is 465 g/mol. The summed E-state index contributed by atoms with van der Waals surface area (Å²) in [5, 5.41) is 22.0. The molecular weight excluding hydrogens is 434 g/mol. The lowest BCUT2D eigenvalue weighted by Gasteiger charge is -2.31. The van der Waals surface area contributed by atoms with E-state index in [1.165, 1.54) is 16.2 Å². The van der Waals surface area contributed by atoms with Crippen LogP contribution in [0.2, 0.25) is 0 Å². The fourth-order valence-electron chi connectivity index (χ4n) is 4.65. The van der Waals surface area contributed by atoms with Crippen LogP contribution >= 0.6 is 22.7 Å². The lowest BCUT2D eigenvalue weighted by molar-refractivity contribution is 0.187. The molecule has 5 nitrogen and oxygen atoms in total. The van der Waals surface area contributed by atoms with Crippen molar-refractivity contribution < 1.29 is 0 Å². The van der Waals surface area contributed by atoms with E-state index < -0.39 is 5.41 Å². The first-order valence-corrected chi connectivity index (χ1v) is 13.0. The molecule has 0 aliphatic carbocycles. The molecule has 0 bridgehead atoms. The molecule has 3 heterocycles. The normalized spacial score (nSPS) is 18.3. The van der Waals surface area contributed by atoms with Crippen LogP contribution in [0.3, 0.4) is 0 Å². The van der Waals surface area contributed by atoms with E-state index in [9.17, 15) is 5.26 Å². The molecule has 1 fully saturated rings. The molecule has 3 rings (SSSR count). The third-order valence-electron chi connectivity index (χ3n) is 6.59. The van der Waals surface area contributed by atoms with Crippen LogP contribution in [0.5, 0.6) is 0 Å². The van der Waals surface area contributed by atoms with Gasteiger partial charge in [0.05, 0.1) is 24.1 Å². The van der Waals surface area contributed by atoms with Crippen molar-refractivity contribution in [1.29, 1.82) is 10.5 Å². The van der Waals surface area contributed by atoms with Crippen molar-refractivity contribution in [2.24, 2.45) is 5.92 Å². The molecule has 2 atom stereocenters. The zero-order valence-corrected chi connectivity index (χ0v) is 20.6. The van der Waals surface area contributed by atoms with Gasteiger partial charge in [-0.2, -0.15) is 21.9 Å². The molecular formula is C25H31N5S2. The summed E-state index contributed by atoms with van der Waals surface area (Å²) in [4.78, 5) is 10.9. The predicted molar refractivity (Wildman–Crippen MR) is 132 cm³/mol. The molecule has 1 aliphatic heterocycles. The van der Waals surface area contributed by atoms with E-state index in [4.69, 9.17) is 11.8 Å². The van der Waals surface area contributed by atoms with E-state index in [2.05, 4.69) is 58.1 Å². The maximum Gasteiger partial charge on any atom is 0.241 e. The standard InChI is InChI=1S/C25H31N5S2/c1-20(2)25(19-27,23-8-9-24(28-3)32-23)11-5-13-29-15-10-21(17-29)30(14-6-12-26)18-22-7-4-16-31-22/h4,7-9,16,20-21H,5-6,10-11,13-15,17-18H2,1-2H3/t21-,25?/m1/s1. The molecule has 2 aromatic rings. The second-order valence-electron chi connectivity index (χ2n) is 8.79. The highest BCUT2D eigenvalue weighted by molar-refractivity contribution is 7.16.